The molecule has 5 nitrogen and oxygen atoms in total. The monoisotopic (exact) mass is 295 g/mol. The maximum absolute atomic E-state index is 13.2. The summed E-state index contributed by atoms with van der Waals surface area (Å²) in [6.45, 7) is 2.01. The summed E-state index contributed by atoms with van der Waals surface area (Å²) in [6.07, 6.45) is 4.16. The lowest BCUT2D eigenvalue weighted by Crippen LogP contribution is -2.00. The molecule has 0 radical (unpaired) electrons. The van der Waals surface area contributed by atoms with Crippen molar-refractivity contribution in [2.75, 3.05) is 6.61 Å². The molecule has 0 amide bonds. The molecule has 104 valence electrons. The Morgan fingerprint density at radius 3 is 3.00 bits per heavy atom. The van der Waals surface area contributed by atoms with Crippen molar-refractivity contribution < 1.29 is 13.9 Å². The highest BCUT2D eigenvalue weighted by atomic mass is 35.5. The number of aromatic nitrogens is 3. The summed E-state index contributed by atoms with van der Waals surface area (Å²) in [5.74, 6) is -0.928. The van der Waals surface area contributed by atoms with Crippen molar-refractivity contribution in [3.05, 3.63) is 41.3 Å². The number of benzene rings is 1. The van der Waals surface area contributed by atoms with Gasteiger partial charge in [0.15, 0.2) is 0 Å². The second-order valence-electron chi connectivity index (χ2n) is 3.81. The Labute approximate surface area is 119 Å². The van der Waals surface area contributed by atoms with Crippen molar-refractivity contribution in [1.29, 1.82) is 0 Å². The molecular formula is C13H11ClFN3O2. The van der Waals surface area contributed by atoms with E-state index < -0.39 is 11.8 Å². The predicted octanol–water partition coefficient (Wildman–Crippen LogP) is 2.77. The fourth-order valence-electron chi connectivity index (χ4n) is 1.51. The molecule has 0 unspecified atom stereocenters. The number of carbonyl (C=O) groups is 1. The number of nitrogens with zero attached hydrogens (tertiary/aromatic N) is 3. The van der Waals surface area contributed by atoms with Gasteiger partial charge < -0.3 is 4.74 Å². The molecular weight excluding hydrogens is 285 g/mol. The predicted molar refractivity (Wildman–Crippen MR) is 72.4 cm³/mol. The minimum atomic E-state index is -0.474. The van der Waals surface area contributed by atoms with Crippen LogP contribution in [0.25, 0.3) is 17.5 Å². The summed E-state index contributed by atoms with van der Waals surface area (Å²) in [6, 6.07) is 4.08. The third kappa shape index (κ3) is 3.64. The van der Waals surface area contributed by atoms with Gasteiger partial charge in [-0.25, -0.2) is 13.9 Å². The van der Waals surface area contributed by atoms with Crippen molar-refractivity contribution in [3.8, 4) is 11.3 Å². The van der Waals surface area contributed by atoms with Gasteiger partial charge in [0.25, 0.3) is 0 Å². The van der Waals surface area contributed by atoms with Gasteiger partial charge >= 0.3 is 5.97 Å². The van der Waals surface area contributed by atoms with Crippen molar-refractivity contribution in [2.45, 2.75) is 6.92 Å². The van der Waals surface area contributed by atoms with Gasteiger partial charge in [0, 0.05) is 22.9 Å². The molecule has 20 heavy (non-hydrogen) atoms. The van der Waals surface area contributed by atoms with E-state index >= 15 is 0 Å². The summed E-state index contributed by atoms with van der Waals surface area (Å²) >= 11 is 5.77. The van der Waals surface area contributed by atoms with Crippen LogP contribution in [0, 0.1) is 5.82 Å². The normalized spacial score (nSPS) is 10.9. The van der Waals surface area contributed by atoms with Crippen LogP contribution in [0.1, 0.15) is 6.92 Å². The number of hydrogen-bond acceptors (Lipinski definition) is 4. The highest BCUT2D eigenvalue weighted by Gasteiger charge is 2.06. The molecule has 2 rings (SSSR count). The van der Waals surface area contributed by atoms with Gasteiger partial charge in [0.2, 0.25) is 0 Å². The molecule has 1 heterocycles. The average molecular weight is 296 g/mol. The number of hydrogen-bond donors (Lipinski definition) is 0. The zero-order valence-corrected chi connectivity index (χ0v) is 11.3. The highest BCUT2D eigenvalue weighted by Crippen LogP contribution is 2.22. The first-order chi connectivity index (χ1) is 9.58. The first kappa shape index (κ1) is 14.2. The van der Waals surface area contributed by atoms with Crippen LogP contribution < -0.4 is 0 Å². The lowest BCUT2D eigenvalue weighted by atomic mass is 10.2. The van der Waals surface area contributed by atoms with Crippen LogP contribution in [0.15, 0.2) is 30.5 Å². The molecule has 0 atom stereocenters. The van der Waals surface area contributed by atoms with Crippen LogP contribution in [0.3, 0.4) is 0 Å². The third-order valence-electron chi connectivity index (χ3n) is 2.32. The maximum Gasteiger partial charge on any atom is 0.332 e. The largest absolute Gasteiger partial charge is 0.463 e. The molecule has 0 aliphatic rings. The van der Waals surface area contributed by atoms with Gasteiger partial charge in [-0.1, -0.05) is 16.8 Å². The van der Waals surface area contributed by atoms with Gasteiger partial charge in [0.1, 0.15) is 11.5 Å². The van der Waals surface area contributed by atoms with E-state index in [1.807, 2.05) is 0 Å². The smallest absolute Gasteiger partial charge is 0.332 e. The van der Waals surface area contributed by atoms with E-state index in [9.17, 15) is 9.18 Å². The highest BCUT2D eigenvalue weighted by molar-refractivity contribution is 6.30. The standard InChI is InChI=1S/C13H11ClFN3O2/c1-2-20-13(19)3-4-18-8-12(16-17-18)9-5-10(14)7-11(15)6-9/h3-8H,2H2,1H3. The van der Waals surface area contributed by atoms with E-state index in [4.69, 9.17) is 16.3 Å². The number of ether oxygens (including phenoxy) is 1. The van der Waals surface area contributed by atoms with Crippen LogP contribution in [0.5, 0.6) is 0 Å². The fraction of sp³-hybridized carbons (Fsp3) is 0.154. The van der Waals surface area contributed by atoms with Crippen LogP contribution in [0.4, 0.5) is 4.39 Å². The topological polar surface area (TPSA) is 57.0 Å². The van der Waals surface area contributed by atoms with Crippen LogP contribution in [-0.4, -0.2) is 27.6 Å². The summed E-state index contributed by atoms with van der Waals surface area (Å²) in [7, 11) is 0. The minimum absolute atomic E-state index is 0.275. The Morgan fingerprint density at radius 2 is 2.30 bits per heavy atom. The Hall–Kier alpha value is -2.21. The van der Waals surface area contributed by atoms with E-state index in [0.29, 0.717) is 17.9 Å². The number of rotatable bonds is 4. The van der Waals surface area contributed by atoms with Crippen molar-refractivity contribution >= 4 is 23.8 Å². The lowest BCUT2D eigenvalue weighted by molar-refractivity contribution is -0.137. The molecule has 0 spiro atoms. The molecule has 0 aliphatic heterocycles. The first-order valence-electron chi connectivity index (χ1n) is 5.81. The molecule has 7 heteroatoms. The van der Waals surface area contributed by atoms with E-state index in [1.54, 1.807) is 19.2 Å². The van der Waals surface area contributed by atoms with Gasteiger partial charge in [0.05, 0.1) is 12.8 Å². The van der Waals surface area contributed by atoms with Crippen LogP contribution in [0.2, 0.25) is 5.02 Å². The SMILES string of the molecule is CCOC(=O)C=Cn1cc(-c2cc(F)cc(Cl)c2)nn1. The Balaban J connectivity index is 2.18. The molecule has 1 aromatic carbocycles. The number of halogens is 2. The third-order valence-corrected chi connectivity index (χ3v) is 2.54. The zero-order chi connectivity index (χ0) is 14.5. The maximum atomic E-state index is 13.2. The second-order valence-corrected chi connectivity index (χ2v) is 4.25. The number of carbonyl (C=O) groups excluding carboxylic acids is 1. The zero-order valence-electron chi connectivity index (χ0n) is 10.6. The number of esters is 1. The van der Waals surface area contributed by atoms with E-state index in [2.05, 4.69) is 10.3 Å². The van der Waals surface area contributed by atoms with E-state index in [0.717, 1.165) is 0 Å². The Bertz CT molecular complexity index is 635. The van der Waals surface area contributed by atoms with E-state index in [-0.39, 0.29) is 5.02 Å². The molecule has 0 aliphatic carbocycles. The summed E-state index contributed by atoms with van der Waals surface area (Å²) < 4.78 is 19.3. The van der Waals surface area contributed by atoms with E-state index in [1.165, 1.54) is 29.1 Å². The molecule has 1 aromatic heterocycles. The van der Waals surface area contributed by atoms with Crippen LogP contribution in [-0.2, 0) is 9.53 Å². The van der Waals surface area contributed by atoms with Gasteiger partial charge in [-0.3, -0.25) is 0 Å². The van der Waals surface area contributed by atoms with Gasteiger partial charge in [-0.05, 0) is 25.1 Å². The molecule has 0 fully saturated rings. The average Bonchev–Trinajstić information content (AvgIpc) is 2.84. The molecule has 2 aromatic rings. The molecule has 0 bridgehead atoms. The van der Waals surface area contributed by atoms with Crippen molar-refractivity contribution in [2.24, 2.45) is 0 Å². The fourth-order valence-corrected chi connectivity index (χ4v) is 1.73. The lowest BCUT2D eigenvalue weighted by Gasteiger charge is -1.97. The molecule has 0 N–H and O–H groups in total. The summed E-state index contributed by atoms with van der Waals surface area (Å²) in [5.41, 5.74) is 0.950. The van der Waals surface area contributed by atoms with Crippen LogP contribution >= 0.6 is 11.6 Å². The first-order valence-corrected chi connectivity index (χ1v) is 6.19. The van der Waals surface area contributed by atoms with Crippen molar-refractivity contribution in [3.63, 3.8) is 0 Å². The minimum Gasteiger partial charge on any atom is -0.463 e. The Kier molecular flexibility index (Phi) is 4.47. The van der Waals surface area contributed by atoms with Gasteiger partial charge in [-0.2, -0.15) is 0 Å². The molecule has 0 saturated carbocycles. The molecule has 0 saturated heterocycles. The van der Waals surface area contributed by atoms with Gasteiger partial charge in [-0.15, -0.1) is 5.10 Å². The Morgan fingerprint density at radius 1 is 1.50 bits per heavy atom. The second kappa shape index (κ2) is 6.29. The summed E-state index contributed by atoms with van der Waals surface area (Å²) in [4.78, 5) is 11.1. The quantitative estimate of drug-likeness (QED) is 0.643. The summed E-state index contributed by atoms with van der Waals surface area (Å²) in [5, 5.41) is 7.94. The van der Waals surface area contributed by atoms with Crippen molar-refractivity contribution in [1.82, 2.24) is 15.0 Å².